The van der Waals surface area contributed by atoms with Gasteiger partial charge in [-0.05, 0) is 47.0 Å². The van der Waals surface area contributed by atoms with Crippen molar-refractivity contribution in [1.29, 1.82) is 0 Å². The normalized spacial score (nSPS) is 10.7. The summed E-state index contributed by atoms with van der Waals surface area (Å²) in [6.45, 7) is 5.14. The van der Waals surface area contributed by atoms with Gasteiger partial charge in [0, 0.05) is 16.4 Å². The standard InChI is InChI=1S/C13H15BrN2/c1-3-9-8-10-6-5-7-11(14)12(10)16-13(9)15-4-2/h5-8H,3-4H2,1-2H3,(H,15,16). The Hall–Kier alpha value is -1.09. The van der Waals surface area contributed by atoms with Crippen molar-refractivity contribution in [2.75, 3.05) is 11.9 Å². The summed E-state index contributed by atoms with van der Waals surface area (Å²) in [7, 11) is 0. The van der Waals surface area contributed by atoms with Gasteiger partial charge in [-0.15, -0.1) is 0 Å². The first kappa shape index (κ1) is 11.4. The van der Waals surface area contributed by atoms with Crippen LogP contribution in [-0.2, 0) is 6.42 Å². The predicted octanol–water partition coefficient (Wildman–Crippen LogP) is 3.99. The molecule has 16 heavy (non-hydrogen) atoms. The summed E-state index contributed by atoms with van der Waals surface area (Å²) in [6, 6.07) is 8.38. The van der Waals surface area contributed by atoms with Gasteiger partial charge in [-0.1, -0.05) is 19.1 Å². The van der Waals surface area contributed by atoms with Gasteiger partial charge >= 0.3 is 0 Å². The number of fused-ring (bicyclic) bond motifs is 1. The molecule has 2 nitrogen and oxygen atoms in total. The van der Waals surface area contributed by atoms with Crippen molar-refractivity contribution in [1.82, 2.24) is 4.98 Å². The van der Waals surface area contributed by atoms with Gasteiger partial charge in [0.05, 0.1) is 5.52 Å². The average Bonchev–Trinajstić information content (AvgIpc) is 2.30. The largest absolute Gasteiger partial charge is 0.370 e. The maximum atomic E-state index is 4.68. The van der Waals surface area contributed by atoms with E-state index >= 15 is 0 Å². The molecule has 84 valence electrons. The SMILES string of the molecule is CCNc1nc2c(Br)cccc2cc1CC. The Morgan fingerprint density at radius 3 is 2.81 bits per heavy atom. The summed E-state index contributed by atoms with van der Waals surface area (Å²) in [5.74, 6) is 1.00. The maximum absolute atomic E-state index is 4.68. The first-order valence-corrected chi connectivity index (χ1v) is 6.37. The van der Waals surface area contributed by atoms with Gasteiger partial charge in [0.25, 0.3) is 0 Å². The molecule has 1 aromatic carbocycles. The molecule has 0 saturated heterocycles. The second kappa shape index (κ2) is 4.83. The first-order valence-electron chi connectivity index (χ1n) is 5.58. The molecule has 3 heteroatoms. The Kier molecular flexibility index (Phi) is 3.44. The number of pyridine rings is 1. The van der Waals surface area contributed by atoms with Crippen LogP contribution in [0.3, 0.4) is 0 Å². The third-order valence-electron chi connectivity index (χ3n) is 2.60. The molecule has 0 spiro atoms. The number of hydrogen-bond acceptors (Lipinski definition) is 2. The van der Waals surface area contributed by atoms with Crippen molar-refractivity contribution in [2.24, 2.45) is 0 Å². The zero-order valence-electron chi connectivity index (χ0n) is 9.55. The maximum Gasteiger partial charge on any atom is 0.129 e. The van der Waals surface area contributed by atoms with E-state index in [1.54, 1.807) is 0 Å². The van der Waals surface area contributed by atoms with E-state index in [1.807, 2.05) is 12.1 Å². The molecule has 1 heterocycles. The molecule has 0 radical (unpaired) electrons. The van der Waals surface area contributed by atoms with Crippen molar-refractivity contribution < 1.29 is 0 Å². The Morgan fingerprint density at radius 2 is 2.12 bits per heavy atom. The molecule has 0 bridgehead atoms. The number of aromatic nitrogens is 1. The summed E-state index contributed by atoms with van der Waals surface area (Å²) in [4.78, 5) is 4.68. The molecule has 1 N–H and O–H groups in total. The summed E-state index contributed by atoms with van der Waals surface area (Å²) in [5.41, 5.74) is 2.29. The van der Waals surface area contributed by atoms with Crippen LogP contribution in [0.4, 0.5) is 5.82 Å². The van der Waals surface area contributed by atoms with Crippen molar-refractivity contribution in [2.45, 2.75) is 20.3 Å². The molecule has 0 amide bonds. The van der Waals surface area contributed by atoms with E-state index in [-0.39, 0.29) is 0 Å². The van der Waals surface area contributed by atoms with Crippen LogP contribution in [0.5, 0.6) is 0 Å². The highest BCUT2D eigenvalue weighted by Crippen LogP contribution is 2.26. The van der Waals surface area contributed by atoms with Gasteiger partial charge in [-0.2, -0.15) is 0 Å². The smallest absolute Gasteiger partial charge is 0.129 e. The summed E-state index contributed by atoms with van der Waals surface area (Å²) in [5, 5.41) is 4.50. The molecule has 1 aromatic heterocycles. The second-order valence-corrected chi connectivity index (χ2v) is 4.55. The lowest BCUT2D eigenvalue weighted by Gasteiger charge is -2.10. The molecule has 0 aliphatic heterocycles. The van der Waals surface area contributed by atoms with Crippen LogP contribution >= 0.6 is 15.9 Å². The zero-order valence-corrected chi connectivity index (χ0v) is 11.1. The van der Waals surface area contributed by atoms with Crippen LogP contribution in [0.15, 0.2) is 28.7 Å². The third-order valence-corrected chi connectivity index (χ3v) is 3.24. The average molecular weight is 279 g/mol. The van der Waals surface area contributed by atoms with Gasteiger partial charge in [-0.3, -0.25) is 0 Å². The predicted molar refractivity (Wildman–Crippen MR) is 73.0 cm³/mol. The fourth-order valence-electron chi connectivity index (χ4n) is 1.80. The first-order chi connectivity index (χ1) is 7.76. The highest BCUT2D eigenvalue weighted by atomic mass is 79.9. The molecular formula is C13H15BrN2. The zero-order chi connectivity index (χ0) is 11.5. The van der Waals surface area contributed by atoms with Gasteiger partial charge in [0.1, 0.15) is 5.82 Å². The molecule has 2 rings (SSSR count). The van der Waals surface area contributed by atoms with E-state index in [0.29, 0.717) is 0 Å². The highest BCUT2D eigenvalue weighted by Gasteiger charge is 2.06. The number of benzene rings is 1. The number of para-hydroxylation sites is 1. The Balaban J connectivity index is 2.65. The number of nitrogens with zero attached hydrogens (tertiary/aromatic N) is 1. The third kappa shape index (κ3) is 2.05. The van der Waals surface area contributed by atoms with E-state index in [9.17, 15) is 0 Å². The van der Waals surface area contributed by atoms with Gasteiger partial charge in [0.15, 0.2) is 0 Å². The van der Waals surface area contributed by atoms with Crippen molar-refractivity contribution >= 4 is 32.7 Å². The number of halogens is 1. The van der Waals surface area contributed by atoms with Crippen molar-refractivity contribution in [3.8, 4) is 0 Å². The molecule has 0 saturated carbocycles. The highest BCUT2D eigenvalue weighted by molar-refractivity contribution is 9.10. The fourth-order valence-corrected chi connectivity index (χ4v) is 2.27. The van der Waals surface area contributed by atoms with E-state index in [2.05, 4.69) is 52.2 Å². The molecule has 0 atom stereocenters. The number of aryl methyl sites for hydroxylation is 1. The van der Waals surface area contributed by atoms with Crippen LogP contribution in [0.25, 0.3) is 10.9 Å². The number of nitrogens with one attached hydrogen (secondary N) is 1. The van der Waals surface area contributed by atoms with Crippen LogP contribution in [0.1, 0.15) is 19.4 Å². The number of rotatable bonds is 3. The Labute approximate surface area is 104 Å². The van der Waals surface area contributed by atoms with E-state index in [0.717, 1.165) is 28.8 Å². The van der Waals surface area contributed by atoms with Crippen LogP contribution in [-0.4, -0.2) is 11.5 Å². The van der Waals surface area contributed by atoms with Gasteiger partial charge in [-0.25, -0.2) is 4.98 Å². The minimum absolute atomic E-state index is 0.899. The Morgan fingerprint density at radius 1 is 1.31 bits per heavy atom. The van der Waals surface area contributed by atoms with Crippen LogP contribution in [0.2, 0.25) is 0 Å². The lowest BCUT2D eigenvalue weighted by Crippen LogP contribution is -2.03. The topological polar surface area (TPSA) is 24.9 Å². The lowest BCUT2D eigenvalue weighted by atomic mass is 10.1. The number of anilines is 1. The molecule has 0 unspecified atom stereocenters. The van der Waals surface area contributed by atoms with Gasteiger partial charge in [0.2, 0.25) is 0 Å². The Bertz CT molecular complexity index is 509. The summed E-state index contributed by atoms with van der Waals surface area (Å²) < 4.78 is 1.05. The molecule has 0 fully saturated rings. The van der Waals surface area contributed by atoms with Crippen molar-refractivity contribution in [3.05, 3.63) is 34.3 Å². The monoisotopic (exact) mass is 278 g/mol. The van der Waals surface area contributed by atoms with Crippen LogP contribution in [0, 0.1) is 0 Å². The quantitative estimate of drug-likeness (QED) is 0.918. The van der Waals surface area contributed by atoms with E-state index in [4.69, 9.17) is 0 Å². The summed E-state index contributed by atoms with van der Waals surface area (Å²) in [6.07, 6.45) is 0.998. The van der Waals surface area contributed by atoms with Crippen LogP contribution < -0.4 is 5.32 Å². The van der Waals surface area contributed by atoms with E-state index in [1.165, 1.54) is 10.9 Å². The molecular weight excluding hydrogens is 264 g/mol. The van der Waals surface area contributed by atoms with E-state index < -0.39 is 0 Å². The molecule has 2 aromatic rings. The number of hydrogen-bond donors (Lipinski definition) is 1. The fraction of sp³-hybridized carbons (Fsp3) is 0.308. The van der Waals surface area contributed by atoms with Crippen molar-refractivity contribution in [3.63, 3.8) is 0 Å². The molecule has 0 aliphatic rings. The minimum Gasteiger partial charge on any atom is -0.370 e. The molecule has 0 aliphatic carbocycles. The summed E-state index contributed by atoms with van der Waals surface area (Å²) >= 11 is 3.54. The van der Waals surface area contributed by atoms with Gasteiger partial charge < -0.3 is 5.32 Å². The second-order valence-electron chi connectivity index (χ2n) is 3.69. The minimum atomic E-state index is 0.899. The lowest BCUT2D eigenvalue weighted by molar-refractivity contribution is 1.08.